The number of anilines is 1. The van der Waals surface area contributed by atoms with Gasteiger partial charge in [-0.15, -0.1) is 0 Å². The summed E-state index contributed by atoms with van der Waals surface area (Å²) in [5, 5.41) is 11.7. The third kappa shape index (κ3) is 2.66. The van der Waals surface area contributed by atoms with Gasteiger partial charge in [-0.1, -0.05) is 0 Å². The van der Waals surface area contributed by atoms with Crippen molar-refractivity contribution >= 4 is 19.5 Å². The van der Waals surface area contributed by atoms with Crippen molar-refractivity contribution in [2.45, 2.75) is 12.5 Å². The number of aromatic carboxylic acids is 1. The van der Waals surface area contributed by atoms with Crippen LogP contribution < -0.4 is 5.32 Å². The third-order valence-corrected chi connectivity index (χ3v) is 3.45. The summed E-state index contributed by atoms with van der Waals surface area (Å²) >= 11 is 0. The Bertz CT molecular complexity index is 493. The Balaban J connectivity index is 2.31. The zero-order chi connectivity index (χ0) is 12.6. The third-order valence-electron chi connectivity index (χ3n) is 2.55. The minimum atomic E-state index is -4.13. The summed E-state index contributed by atoms with van der Waals surface area (Å²) in [5.74, 6) is -0.823. The standard InChI is InChI=1S/C8H12N3O5P/c12-7(13)6-3-11-5(4-17(14,15)16)1-2-9-8(11)10-6/h3,5H,1-2,4H2,(H,9,10)(H,12,13)(H2,14,15,16)/t5-/m1/s1. The van der Waals surface area contributed by atoms with Gasteiger partial charge in [0.15, 0.2) is 5.69 Å². The highest BCUT2D eigenvalue weighted by Crippen LogP contribution is 2.41. The Morgan fingerprint density at radius 3 is 2.94 bits per heavy atom. The molecule has 1 atom stereocenters. The molecule has 0 amide bonds. The van der Waals surface area contributed by atoms with Crippen LogP contribution in [0.25, 0.3) is 0 Å². The molecule has 0 fully saturated rings. The fourth-order valence-corrected chi connectivity index (χ4v) is 2.76. The number of hydrogen-bond donors (Lipinski definition) is 4. The monoisotopic (exact) mass is 261 g/mol. The van der Waals surface area contributed by atoms with Gasteiger partial charge in [-0.2, -0.15) is 0 Å². The quantitative estimate of drug-likeness (QED) is 0.569. The van der Waals surface area contributed by atoms with E-state index in [9.17, 15) is 9.36 Å². The molecule has 0 unspecified atom stereocenters. The number of imidazole rings is 1. The summed E-state index contributed by atoms with van der Waals surface area (Å²) in [6, 6.07) is -0.423. The number of nitrogens with zero attached hydrogens (tertiary/aromatic N) is 2. The normalized spacial score (nSPS) is 19.5. The summed E-state index contributed by atoms with van der Waals surface area (Å²) in [7, 11) is -4.13. The van der Waals surface area contributed by atoms with Crippen LogP contribution >= 0.6 is 7.60 Å². The molecule has 0 aromatic carbocycles. The van der Waals surface area contributed by atoms with Gasteiger partial charge in [-0.25, -0.2) is 9.78 Å². The van der Waals surface area contributed by atoms with Crippen LogP contribution in [0, 0.1) is 0 Å². The lowest BCUT2D eigenvalue weighted by molar-refractivity contribution is 0.0691. The number of rotatable bonds is 3. The van der Waals surface area contributed by atoms with Crippen LogP contribution in [-0.4, -0.2) is 43.1 Å². The van der Waals surface area contributed by atoms with Crippen molar-refractivity contribution in [2.75, 3.05) is 18.0 Å². The Morgan fingerprint density at radius 1 is 1.65 bits per heavy atom. The summed E-state index contributed by atoms with van der Waals surface area (Å²) in [6.45, 7) is 0.515. The maximum absolute atomic E-state index is 11.0. The highest BCUT2D eigenvalue weighted by Gasteiger charge is 2.28. The van der Waals surface area contributed by atoms with Crippen molar-refractivity contribution < 1.29 is 24.3 Å². The summed E-state index contributed by atoms with van der Waals surface area (Å²) in [6.07, 6.45) is 1.51. The zero-order valence-corrected chi connectivity index (χ0v) is 9.67. The van der Waals surface area contributed by atoms with Gasteiger partial charge in [0.25, 0.3) is 0 Å². The lowest BCUT2D eigenvalue weighted by atomic mass is 10.2. The minimum absolute atomic E-state index is 0.134. The van der Waals surface area contributed by atoms with Crippen molar-refractivity contribution in [3.8, 4) is 0 Å². The molecule has 9 heteroatoms. The Morgan fingerprint density at radius 2 is 2.35 bits per heavy atom. The SMILES string of the molecule is O=C(O)c1cn2c(n1)NCC[C@@H]2CP(=O)(O)O. The van der Waals surface area contributed by atoms with Crippen LogP contribution in [0.15, 0.2) is 6.20 Å². The van der Waals surface area contributed by atoms with Gasteiger partial charge >= 0.3 is 13.6 Å². The van der Waals surface area contributed by atoms with E-state index in [0.29, 0.717) is 18.9 Å². The number of carboxylic acid groups (broad SMARTS) is 1. The lowest BCUT2D eigenvalue weighted by Gasteiger charge is -2.25. The van der Waals surface area contributed by atoms with E-state index in [2.05, 4.69) is 10.3 Å². The van der Waals surface area contributed by atoms with Crippen LogP contribution in [0.4, 0.5) is 5.95 Å². The molecule has 2 rings (SSSR count). The Hall–Kier alpha value is -1.37. The second-order valence-corrected chi connectivity index (χ2v) is 5.57. The van der Waals surface area contributed by atoms with Gasteiger partial charge in [0.05, 0.1) is 6.16 Å². The fourth-order valence-electron chi connectivity index (χ4n) is 1.85. The van der Waals surface area contributed by atoms with E-state index in [0.717, 1.165) is 0 Å². The number of hydrogen-bond acceptors (Lipinski definition) is 4. The molecule has 1 aromatic heterocycles. The molecule has 0 radical (unpaired) electrons. The van der Waals surface area contributed by atoms with Crippen molar-refractivity contribution in [1.82, 2.24) is 9.55 Å². The number of nitrogens with one attached hydrogen (secondary N) is 1. The smallest absolute Gasteiger partial charge is 0.356 e. The average Bonchev–Trinajstić information content (AvgIpc) is 2.60. The van der Waals surface area contributed by atoms with Crippen LogP contribution in [0.2, 0.25) is 0 Å². The second kappa shape index (κ2) is 4.14. The Kier molecular flexibility index (Phi) is 2.94. The molecule has 0 saturated carbocycles. The van der Waals surface area contributed by atoms with Gasteiger partial charge in [0, 0.05) is 18.8 Å². The molecular weight excluding hydrogens is 249 g/mol. The molecule has 4 N–H and O–H groups in total. The van der Waals surface area contributed by atoms with E-state index in [4.69, 9.17) is 14.9 Å². The maximum atomic E-state index is 11.0. The van der Waals surface area contributed by atoms with Gasteiger partial charge in [0.1, 0.15) is 0 Å². The van der Waals surface area contributed by atoms with E-state index in [1.807, 2.05) is 0 Å². The molecule has 8 nitrogen and oxygen atoms in total. The maximum Gasteiger partial charge on any atom is 0.356 e. The molecule has 0 bridgehead atoms. The first-order valence-corrected chi connectivity index (χ1v) is 6.77. The first-order valence-electron chi connectivity index (χ1n) is 4.97. The molecule has 94 valence electrons. The molecule has 2 heterocycles. The highest BCUT2D eigenvalue weighted by atomic mass is 31.2. The predicted octanol–water partition coefficient (Wildman–Crippen LogP) is 0.116. The predicted molar refractivity (Wildman–Crippen MR) is 58.2 cm³/mol. The fraction of sp³-hybridized carbons (Fsp3) is 0.500. The summed E-state index contributed by atoms with van der Waals surface area (Å²) in [5.41, 5.74) is -0.134. The van der Waals surface area contributed by atoms with Crippen LogP contribution in [0.1, 0.15) is 23.0 Å². The molecule has 1 aliphatic rings. The van der Waals surface area contributed by atoms with E-state index in [1.165, 1.54) is 10.8 Å². The second-order valence-electron chi connectivity index (χ2n) is 3.88. The van der Waals surface area contributed by atoms with Crippen molar-refractivity contribution in [3.05, 3.63) is 11.9 Å². The highest BCUT2D eigenvalue weighted by molar-refractivity contribution is 7.51. The van der Waals surface area contributed by atoms with E-state index < -0.39 is 19.6 Å². The van der Waals surface area contributed by atoms with Gasteiger partial charge in [-0.05, 0) is 6.42 Å². The molecule has 0 aliphatic carbocycles. The molecular formula is C8H12N3O5P. The van der Waals surface area contributed by atoms with Gasteiger partial charge in [-0.3, -0.25) is 4.57 Å². The number of carboxylic acids is 1. The molecule has 0 spiro atoms. The zero-order valence-electron chi connectivity index (χ0n) is 8.78. The van der Waals surface area contributed by atoms with Crippen molar-refractivity contribution in [1.29, 1.82) is 0 Å². The van der Waals surface area contributed by atoms with Crippen molar-refractivity contribution in [3.63, 3.8) is 0 Å². The van der Waals surface area contributed by atoms with Gasteiger partial charge in [0.2, 0.25) is 5.95 Å². The van der Waals surface area contributed by atoms with Crippen LogP contribution in [0.5, 0.6) is 0 Å². The summed E-state index contributed by atoms with van der Waals surface area (Å²) < 4.78 is 12.5. The van der Waals surface area contributed by atoms with Crippen LogP contribution in [0.3, 0.4) is 0 Å². The van der Waals surface area contributed by atoms with Crippen molar-refractivity contribution in [2.24, 2.45) is 0 Å². The molecule has 17 heavy (non-hydrogen) atoms. The lowest BCUT2D eigenvalue weighted by Crippen LogP contribution is -2.24. The Labute approximate surface area is 96.4 Å². The molecule has 1 aliphatic heterocycles. The number of aromatic nitrogens is 2. The van der Waals surface area contributed by atoms with Crippen LogP contribution in [-0.2, 0) is 4.57 Å². The first kappa shape index (κ1) is 12.1. The number of carbonyl (C=O) groups is 1. The summed E-state index contributed by atoms with van der Waals surface area (Å²) in [4.78, 5) is 32.5. The first-order chi connectivity index (χ1) is 7.87. The van der Waals surface area contributed by atoms with Gasteiger partial charge < -0.3 is 24.8 Å². The molecule has 0 saturated heterocycles. The van der Waals surface area contributed by atoms with E-state index in [-0.39, 0.29) is 11.9 Å². The topological polar surface area (TPSA) is 125 Å². The molecule has 1 aromatic rings. The average molecular weight is 261 g/mol. The van der Waals surface area contributed by atoms with E-state index >= 15 is 0 Å². The largest absolute Gasteiger partial charge is 0.476 e. The number of fused-ring (bicyclic) bond motifs is 1. The minimum Gasteiger partial charge on any atom is -0.476 e. The van der Waals surface area contributed by atoms with E-state index in [1.54, 1.807) is 0 Å².